The summed E-state index contributed by atoms with van der Waals surface area (Å²) in [5.74, 6) is 2.09. The first-order valence-electron chi connectivity index (χ1n) is 9.46. The van der Waals surface area contributed by atoms with Crippen molar-refractivity contribution >= 4 is 11.7 Å². The van der Waals surface area contributed by atoms with Gasteiger partial charge in [-0.25, -0.2) is 5.32 Å². The zero-order valence-electron chi connectivity index (χ0n) is 15.7. The lowest BCUT2D eigenvalue weighted by atomic mass is 10.1. The molecule has 0 aromatic heterocycles. The molecule has 0 spiro atoms. The van der Waals surface area contributed by atoms with Gasteiger partial charge < -0.3 is 0 Å². The van der Waals surface area contributed by atoms with Crippen LogP contribution in [0.5, 0.6) is 0 Å². The molecule has 1 heterocycles. The van der Waals surface area contributed by atoms with Crippen LogP contribution in [0.3, 0.4) is 0 Å². The molecular weight excluding hydrogens is 330 g/mol. The Morgan fingerprint density at radius 1 is 0.556 bits per heavy atom. The zero-order chi connectivity index (χ0) is 18.6. The van der Waals surface area contributed by atoms with Gasteiger partial charge in [0, 0.05) is 0 Å². The molecule has 3 nitrogen and oxygen atoms in total. The van der Waals surface area contributed by atoms with Gasteiger partial charge in [0.05, 0.1) is 11.1 Å². The maximum absolute atomic E-state index is 3.64. The molecule has 0 saturated heterocycles. The zero-order valence-corrected chi connectivity index (χ0v) is 15.7. The second kappa shape index (κ2) is 7.58. The van der Waals surface area contributed by atoms with E-state index >= 15 is 0 Å². The van der Waals surface area contributed by atoms with E-state index in [1.165, 1.54) is 22.3 Å². The van der Waals surface area contributed by atoms with Crippen LogP contribution in [-0.2, 0) is 0 Å². The summed E-state index contributed by atoms with van der Waals surface area (Å²) in [7, 11) is 0. The van der Waals surface area contributed by atoms with Crippen LogP contribution >= 0.6 is 0 Å². The predicted octanol–water partition coefficient (Wildman–Crippen LogP) is 1.47. The van der Waals surface area contributed by atoms with Crippen LogP contribution in [0.2, 0.25) is 0 Å². The van der Waals surface area contributed by atoms with E-state index in [9.17, 15) is 0 Å². The molecule has 134 valence electrons. The Morgan fingerprint density at radius 2 is 0.926 bits per heavy atom. The van der Waals surface area contributed by atoms with Crippen LogP contribution in [0.1, 0.15) is 48.2 Å². The number of hydrogen-bond acceptors (Lipinski definition) is 0. The molecule has 3 N–H and O–H groups in total. The Morgan fingerprint density at radius 3 is 1.33 bits per heavy atom. The van der Waals surface area contributed by atoms with Crippen LogP contribution < -0.4 is 15.3 Å². The number of amidine groups is 2. The fourth-order valence-corrected chi connectivity index (χ4v) is 3.49. The van der Waals surface area contributed by atoms with Crippen molar-refractivity contribution in [3.63, 3.8) is 0 Å². The maximum atomic E-state index is 3.64. The van der Waals surface area contributed by atoms with Gasteiger partial charge in [-0.05, 0) is 37.1 Å². The van der Waals surface area contributed by atoms with Gasteiger partial charge in [-0.15, -0.1) is 0 Å². The van der Waals surface area contributed by atoms with Crippen molar-refractivity contribution in [3.05, 3.63) is 107 Å². The number of hydrogen-bond donors (Lipinski definition) is 3. The molecule has 3 aromatic carbocycles. The van der Waals surface area contributed by atoms with Gasteiger partial charge in [0.1, 0.15) is 12.1 Å². The van der Waals surface area contributed by atoms with E-state index in [-0.39, 0.29) is 12.1 Å². The van der Waals surface area contributed by atoms with Gasteiger partial charge in [-0.1, -0.05) is 72.8 Å². The lowest BCUT2D eigenvalue weighted by Crippen LogP contribution is -2.80. The summed E-state index contributed by atoms with van der Waals surface area (Å²) in [6.07, 6.45) is 0. The van der Waals surface area contributed by atoms with Gasteiger partial charge in [0.15, 0.2) is 0 Å². The summed E-state index contributed by atoms with van der Waals surface area (Å²) in [5, 5.41) is 3.57. The molecule has 2 atom stereocenters. The maximum Gasteiger partial charge on any atom is 0.284 e. The number of benzene rings is 3. The molecule has 0 fully saturated rings. The van der Waals surface area contributed by atoms with E-state index in [4.69, 9.17) is 0 Å². The van der Waals surface area contributed by atoms with Crippen LogP contribution in [0.4, 0.5) is 0 Å². The normalized spacial score (nSPS) is 18.1. The standard InChI is InChI=1S/C24H23N3/c1-17(19-11-5-3-6-12-19)25-23-21-15-9-10-16-22(21)24(27-23)26-18(2)20-13-7-4-8-14-20/h3-18H,1-2H3,(H,25,26,27)/p+2/t17-,18+. The predicted molar refractivity (Wildman–Crippen MR) is 109 cm³/mol. The molecule has 1 aliphatic rings. The highest BCUT2D eigenvalue weighted by Gasteiger charge is 2.32. The molecule has 27 heavy (non-hydrogen) atoms. The molecule has 0 radical (unpaired) electrons. The van der Waals surface area contributed by atoms with Gasteiger partial charge >= 0.3 is 0 Å². The minimum absolute atomic E-state index is 0.215. The molecule has 0 bridgehead atoms. The average Bonchev–Trinajstić information content (AvgIpc) is 3.06. The minimum Gasteiger partial charge on any atom is -0.267 e. The molecule has 3 aromatic rings. The molecule has 0 saturated carbocycles. The second-order valence-electron chi connectivity index (χ2n) is 6.97. The lowest BCUT2D eigenvalue weighted by molar-refractivity contribution is -0.511. The smallest absolute Gasteiger partial charge is 0.267 e. The summed E-state index contributed by atoms with van der Waals surface area (Å²) in [5.41, 5.74) is 4.93. The molecule has 3 heteroatoms. The summed E-state index contributed by atoms with van der Waals surface area (Å²) in [6.45, 7) is 4.37. The lowest BCUT2D eigenvalue weighted by Gasteiger charge is -2.06. The minimum atomic E-state index is 0.215. The third kappa shape index (κ3) is 3.68. The Labute approximate surface area is 160 Å². The summed E-state index contributed by atoms with van der Waals surface area (Å²) in [4.78, 5) is 7.28. The van der Waals surface area contributed by atoms with Gasteiger partial charge in [0.2, 0.25) is 0 Å². The van der Waals surface area contributed by atoms with Crippen LogP contribution in [0.15, 0.2) is 84.9 Å². The summed E-state index contributed by atoms with van der Waals surface area (Å²) < 4.78 is 0. The number of rotatable bonds is 4. The first kappa shape index (κ1) is 17.2. The van der Waals surface area contributed by atoms with Gasteiger partial charge in [-0.3, -0.25) is 9.98 Å². The largest absolute Gasteiger partial charge is 0.284 e. The molecular formula is C24H25N3+2. The van der Waals surface area contributed by atoms with Crippen LogP contribution in [0, 0.1) is 0 Å². The van der Waals surface area contributed by atoms with Crippen molar-refractivity contribution < 1.29 is 9.98 Å². The second-order valence-corrected chi connectivity index (χ2v) is 6.97. The van der Waals surface area contributed by atoms with Crippen molar-refractivity contribution in [2.75, 3.05) is 0 Å². The number of fused-ring (bicyclic) bond motifs is 1. The van der Waals surface area contributed by atoms with E-state index in [1.54, 1.807) is 0 Å². The summed E-state index contributed by atoms with van der Waals surface area (Å²) in [6, 6.07) is 29.9. The van der Waals surface area contributed by atoms with Crippen molar-refractivity contribution in [2.45, 2.75) is 25.9 Å². The fourth-order valence-electron chi connectivity index (χ4n) is 3.49. The van der Waals surface area contributed by atoms with E-state index < -0.39 is 0 Å². The average molecular weight is 355 g/mol. The Balaban J connectivity index is 1.67. The van der Waals surface area contributed by atoms with Crippen molar-refractivity contribution in [3.8, 4) is 0 Å². The van der Waals surface area contributed by atoms with Crippen LogP contribution in [0.25, 0.3) is 0 Å². The van der Waals surface area contributed by atoms with Crippen molar-refractivity contribution in [1.29, 1.82) is 0 Å². The van der Waals surface area contributed by atoms with Gasteiger partial charge in [0.25, 0.3) is 11.7 Å². The summed E-state index contributed by atoms with van der Waals surface area (Å²) >= 11 is 0. The molecule has 0 unspecified atom stereocenters. The highest BCUT2D eigenvalue weighted by atomic mass is 15.1. The SMILES string of the molecule is C[C@H]([NH+]=C1NC(=[NH+][C@H](C)c2ccccc2)c2ccccc21)c1ccccc1. The van der Waals surface area contributed by atoms with E-state index in [2.05, 4.69) is 102 Å². The Bertz CT molecular complexity index is 894. The fraction of sp³-hybridized carbons (Fsp3) is 0.167. The Kier molecular flexibility index (Phi) is 4.84. The third-order valence-corrected chi connectivity index (χ3v) is 5.04. The monoisotopic (exact) mass is 355 g/mol. The Hall–Kier alpha value is -3.20. The quantitative estimate of drug-likeness (QED) is 0.652. The van der Waals surface area contributed by atoms with Crippen LogP contribution in [-0.4, -0.2) is 11.7 Å². The van der Waals surface area contributed by atoms with E-state index in [1.807, 2.05) is 12.1 Å². The van der Waals surface area contributed by atoms with E-state index in [0.717, 1.165) is 11.7 Å². The van der Waals surface area contributed by atoms with E-state index in [0.29, 0.717) is 0 Å². The molecule has 1 aliphatic heterocycles. The number of nitrogens with one attached hydrogen (secondary N) is 3. The third-order valence-electron chi connectivity index (χ3n) is 5.04. The first-order valence-corrected chi connectivity index (χ1v) is 9.46. The topological polar surface area (TPSA) is 40.0 Å². The van der Waals surface area contributed by atoms with Gasteiger partial charge in [-0.2, -0.15) is 0 Å². The van der Waals surface area contributed by atoms with Crippen molar-refractivity contribution in [2.24, 2.45) is 0 Å². The molecule has 0 aliphatic carbocycles. The molecule has 0 amide bonds. The van der Waals surface area contributed by atoms with Crippen molar-refractivity contribution in [1.82, 2.24) is 5.32 Å². The highest BCUT2D eigenvalue weighted by molar-refractivity contribution is 6.21. The highest BCUT2D eigenvalue weighted by Crippen LogP contribution is 2.13. The molecule has 4 rings (SSSR count). The first-order chi connectivity index (χ1) is 13.2.